The second-order valence-corrected chi connectivity index (χ2v) is 7.17. The van der Waals surface area contributed by atoms with Crippen LogP contribution in [0.5, 0.6) is 0 Å². The number of hydrogen-bond donors (Lipinski definition) is 0. The lowest BCUT2D eigenvalue weighted by Gasteiger charge is -2.11. The van der Waals surface area contributed by atoms with E-state index in [2.05, 4.69) is 26.1 Å². The fourth-order valence-electron chi connectivity index (χ4n) is 2.33. The van der Waals surface area contributed by atoms with Crippen molar-refractivity contribution >= 4 is 32.9 Å². The first-order valence-electron chi connectivity index (χ1n) is 7.16. The molecular weight excluding hydrogens is 328 g/mol. The average molecular weight is 342 g/mol. The minimum atomic E-state index is 0.604. The van der Waals surface area contributed by atoms with Gasteiger partial charge in [0.05, 0.1) is 23.3 Å². The molecule has 7 heteroatoms. The zero-order valence-corrected chi connectivity index (χ0v) is 14.1. The van der Waals surface area contributed by atoms with Crippen molar-refractivity contribution in [3.8, 4) is 11.4 Å². The van der Waals surface area contributed by atoms with E-state index >= 15 is 0 Å². The summed E-state index contributed by atoms with van der Waals surface area (Å²) in [5.41, 5.74) is 2.05. The quantitative estimate of drug-likeness (QED) is 0.548. The molecule has 3 heterocycles. The van der Waals surface area contributed by atoms with Crippen LogP contribution in [0.1, 0.15) is 10.9 Å². The number of aromatic nitrogens is 3. The van der Waals surface area contributed by atoms with Crippen molar-refractivity contribution in [1.82, 2.24) is 20.0 Å². The summed E-state index contributed by atoms with van der Waals surface area (Å²) in [5.74, 6) is 1.27. The van der Waals surface area contributed by atoms with Crippen molar-refractivity contribution in [2.24, 2.45) is 0 Å². The van der Waals surface area contributed by atoms with Crippen LogP contribution in [0, 0.1) is 0 Å². The van der Waals surface area contributed by atoms with Gasteiger partial charge in [-0.25, -0.2) is 4.98 Å². The SMILES string of the molecule is CN(Cc1nc(-c2ccsc2)no1)Cc1nc2ccccc2s1. The molecule has 0 saturated carbocycles. The Morgan fingerprint density at radius 3 is 2.87 bits per heavy atom. The number of benzene rings is 1. The van der Waals surface area contributed by atoms with Crippen molar-refractivity contribution in [3.05, 3.63) is 52.0 Å². The normalized spacial score (nSPS) is 11.6. The molecule has 3 aromatic heterocycles. The van der Waals surface area contributed by atoms with Gasteiger partial charge < -0.3 is 4.52 Å². The number of rotatable bonds is 5. The lowest BCUT2D eigenvalue weighted by atomic mass is 10.3. The van der Waals surface area contributed by atoms with E-state index in [1.54, 1.807) is 22.7 Å². The van der Waals surface area contributed by atoms with Gasteiger partial charge in [0.1, 0.15) is 5.01 Å². The molecule has 0 spiro atoms. The minimum absolute atomic E-state index is 0.604. The van der Waals surface area contributed by atoms with E-state index in [1.165, 1.54) is 4.70 Å². The molecular formula is C16H14N4OS2. The lowest BCUT2D eigenvalue weighted by molar-refractivity contribution is 0.260. The highest BCUT2D eigenvalue weighted by Gasteiger charge is 2.12. The summed E-state index contributed by atoms with van der Waals surface area (Å²) in [5, 5.41) is 9.14. The number of fused-ring (bicyclic) bond motifs is 1. The number of para-hydroxylation sites is 1. The highest BCUT2D eigenvalue weighted by molar-refractivity contribution is 7.18. The van der Waals surface area contributed by atoms with Gasteiger partial charge in [0.2, 0.25) is 11.7 Å². The van der Waals surface area contributed by atoms with Crippen LogP contribution >= 0.6 is 22.7 Å². The van der Waals surface area contributed by atoms with E-state index in [4.69, 9.17) is 4.52 Å². The van der Waals surface area contributed by atoms with E-state index in [9.17, 15) is 0 Å². The largest absolute Gasteiger partial charge is 0.338 e. The minimum Gasteiger partial charge on any atom is -0.338 e. The molecule has 0 N–H and O–H groups in total. The fraction of sp³-hybridized carbons (Fsp3) is 0.188. The Kier molecular flexibility index (Phi) is 3.90. The molecule has 0 bridgehead atoms. The summed E-state index contributed by atoms with van der Waals surface area (Å²) in [7, 11) is 2.03. The van der Waals surface area contributed by atoms with Crippen LogP contribution < -0.4 is 0 Å². The summed E-state index contributed by atoms with van der Waals surface area (Å²) < 4.78 is 6.56. The smallest absolute Gasteiger partial charge is 0.241 e. The third kappa shape index (κ3) is 3.17. The van der Waals surface area contributed by atoms with Crippen LogP contribution in [0.15, 0.2) is 45.6 Å². The topological polar surface area (TPSA) is 55.1 Å². The Morgan fingerprint density at radius 2 is 2.04 bits per heavy atom. The highest BCUT2D eigenvalue weighted by atomic mass is 32.1. The Morgan fingerprint density at radius 1 is 1.13 bits per heavy atom. The molecule has 5 nitrogen and oxygen atoms in total. The first-order valence-corrected chi connectivity index (χ1v) is 8.92. The van der Waals surface area contributed by atoms with Gasteiger partial charge in [0.25, 0.3) is 0 Å². The van der Waals surface area contributed by atoms with Crippen LogP contribution in [0.25, 0.3) is 21.6 Å². The first kappa shape index (κ1) is 14.5. The Hall–Kier alpha value is -2.09. The molecule has 4 aromatic rings. The second-order valence-electron chi connectivity index (χ2n) is 5.27. The molecule has 116 valence electrons. The molecule has 0 saturated heterocycles. The molecule has 4 rings (SSSR count). The van der Waals surface area contributed by atoms with Gasteiger partial charge in [-0.3, -0.25) is 4.90 Å². The van der Waals surface area contributed by atoms with Crippen molar-refractivity contribution in [3.63, 3.8) is 0 Å². The van der Waals surface area contributed by atoms with E-state index in [0.717, 1.165) is 22.6 Å². The maximum atomic E-state index is 5.34. The first-order chi connectivity index (χ1) is 11.3. The van der Waals surface area contributed by atoms with Gasteiger partial charge in [-0.15, -0.1) is 11.3 Å². The number of thiophene rings is 1. The molecule has 0 unspecified atom stereocenters. The number of nitrogens with zero attached hydrogens (tertiary/aromatic N) is 4. The van der Waals surface area contributed by atoms with Crippen LogP contribution in [0.3, 0.4) is 0 Å². The maximum absolute atomic E-state index is 5.34. The summed E-state index contributed by atoms with van der Waals surface area (Å²) in [6, 6.07) is 10.2. The van der Waals surface area contributed by atoms with Gasteiger partial charge in [0, 0.05) is 10.9 Å². The third-order valence-electron chi connectivity index (χ3n) is 3.40. The van der Waals surface area contributed by atoms with E-state index in [1.807, 2.05) is 42.1 Å². The van der Waals surface area contributed by atoms with Gasteiger partial charge >= 0.3 is 0 Å². The molecule has 0 aliphatic carbocycles. The van der Waals surface area contributed by atoms with E-state index < -0.39 is 0 Å². The predicted molar refractivity (Wildman–Crippen MR) is 92.4 cm³/mol. The van der Waals surface area contributed by atoms with Gasteiger partial charge in [0.15, 0.2) is 0 Å². The fourth-order valence-corrected chi connectivity index (χ4v) is 4.02. The molecule has 0 fully saturated rings. The van der Waals surface area contributed by atoms with Crippen molar-refractivity contribution in [1.29, 1.82) is 0 Å². The average Bonchev–Trinajstić information content (AvgIpc) is 3.26. The molecule has 0 amide bonds. The van der Waals surface area contributed by atoms with E-state index in [-0.39, 0.29) is 0 Å². The second kappa shape index (κ2) is 6.19. The Balaban J connectivity index is 1.44. The zero-order valence-electron chi connectivity index (χ0n) is 12.5. The molecule has 0 aliphatic heterocycles. The Labute approximate surface area is 141 Å². The van der Waals surface area contributed by atoms with Crippen molar-refractivity contribution in [2.75, 3.05) is 7.05 Å². The van der Waals surface area contributed by atoms with Crippen LogP contribution in [0.2, 0.25) is 0 Å². The van der Waals surface area contributed by atoms with Crippen LogP contribution in [-0.4, -0.2) is 27.1 Å². The third-order valence-corrected chi connectivity index (χ3v) is 5.10. The predicted octanol–water partition coefficient (Wildman–Crippen LogP) is 4.04. The summed E-state index contributed by atoms with van der Waals surface area (Å²) in [4.78, 5) is 11.2. The summed E-state index contributed by atoms with van der Waals surface area (Å²) >= 11 is 3.34. The standard InChI is InChI=1S/C16H14N4OS2/c1-20(9-15-17-12-4-2-3-5-13(12)23-15)8-14-18-16(19-21-14)11-6-7-22-10-11/h2-7,10H,8-9H2,1H3. The monoisotopic (exact) mass is 342 g/mol. The van der Waals surface area contributed by atoms with Crippen molar-refractivity contribution in [2.45, 2.75) is 13.1 Å². The molecule has 0 atom stereocenters. The van der Waals surface area contributed by atoms with Crippen LogP contribution in [-0.2, 0) is 13.1 Å². The summed E-state index contributed by atoms with van der Waals surface area (Å²) in [6.07, 6.45) is 0. The number of hydrogen-bond acceptors (Lipinski definition) is 7. The van der Waals surface area contributed by atoms with E-state index in [0.29, 0.717) is 18.3 Å². The molecule has 23 heavy (non-hydrogen) atoms. The number of thiazole rings is 1. The van der Waals surface area contributed by atoms with Crippen LogP contribution in [0.4, 0.5) is 0 Å². The zero-order chi connectivity index (χ0) is 15.6. The molecule has 0 radical (unpaired) electrons. The molecule has 1 aromatic carbocycles. The lowest BCUT2D eigenvalue weighted by Crippen LogP contribution is -2.17. The summed E-state index contributed by atoms with van der Waals surface area (Å²) in [6.45, 7) is 1.36. The van der Waals surface area contributed by atoms with Gasteiger partial charge in [-0.1, -0.05) is 17.3 Å². The van der Waals surface area contributed by atoms with Gasteiger partial charge in [-0.05, 0) is 30.6 Å². The van der Waals surface area contributed by atoms with Gasteiger partial charge in [-0.2, -0.15) is 16.3 Å². The maximum Gasteiger partial charge on any atom is 0.241 e. The Bertz CT molecular complexity index is 880. The molecule has 0 aliphatic rings. The highest BCUT2D eigenvalue weighted by Crippen LogP contribution is 2.23. The van der Waals surface area contributed by atoms with Crippen molar-refractivity contribution < 1.29 is 4.52 Å².